The second-order valence-electron chi connectivity index (χ2n) is 7.61. The van der Waals surface area contributed by atoms with Gasteiger partial charge >= 0.3 is 0 Å². The number of nitrogens with one attached hydrogen (secondary N) is 1. The molecular formula is C22H29N3O. The molecule has 1 amide bonds. The summed E-state index contributed by atoms with van der Waals surface area (Å²) in [6, 6.07) is 10.4. The van der Waals surface area contributed by atoms with Crippen LogP contribution >= 0.6 is 0 Å². The van der Waals surface area contributed by atoms with E-state index < -0.39 is 0 Å². The fraction of sp³-hybridized carbons (Fsp3) is 0.455. The van der Waals surface area contributed by atoms with Crippen LogP contribution in [0.3, 0.4) is 0 Å². The summed E-state index contributed by atoms with van der Waals surface area (Å²) in [6.07, 6.45) is 6.34. The lowest BCUT2D eigenvalue weighted by atomic mass is 9.87. The van der Waals surface area contributed by atoms with Gasteiger partial charge in [-0.2, -0.15) is 5.10 Å². The molecule has 0 radical (unpaired) electrons. The molecule has 1 aliphatic rings. The summed E-state index contributed by atoms with van der Waals surface area (Å²) in [5.74, 6) is 0.818. The van der Waals surface area contributed by atoms with Crippen molar-refractivity contribution in [3.63, 3.8) is 0 Å². The molecule has 0 atom stereocenters. The lowest BCUT2D eigenvalue weighted by Gasteiger charge is -2.19. The standard InChI is InChI=1S/C22H29N3O/c1-16-7-9-19(10-8-16)13-22(26)23-14-20-5-4-6-21(12-20)15-25-18(3)11-17(2)24-25/h4-6,11-13,16H,7-10,14-15H2,1-3H3,(H,23,26). The molecule has 4 heteroatoms. The Bertz CT molecular complexity index is 793. The third-order valence-corrected chi connectivity index (χ3v) is 5.15. The highest BCUT2D eigenvalue weighted by Crippen LogP contribution is 2.27. The Morgan fingerprint density at radius 1 is 1.23 bits per heavy atom. The van der Waals surface area contributed by atoms with Gasteiger partial charge in [-0.1, -0.05) is 36.8 Å². The molecule has 3 rings (SSSR count). The Kier molecular flexibility index (Phi) is 5.92. The molecule has 0 aliphatic heterocycles. The van der Waals surface area contributed by atoms with Crippen LogP contribution in [0.2, 0.25) is 0 Å². The highest BCUT2D eigenvalue weighted by atomic mass is 16.1. The summed E-state index contributed by atoms with van der Waals surface area (Å²) in [5.41, 5.74) is 5.81. The number of aromatic nitrogens is 2. The minimum atomic E-state index is 0.0264. The largest absolute Gasteiger partial charge is 0.348 e. The van der Waals surface area contributed by atoms with Gasteiger partial charge in [-0.3, -0.25) is 9.48 Å². The minimum Gasteiger partial charge on any atom is -0.348 e. The first-order valence-corrected chi connectivity index (χ1v) is 9.56. The number of rotatable bonds is 5. The number of hydrogen-bond donors (Lipinski definition) is 1. The van der Waals surface area contributed by atoms with Crippen LogP contribution in [0.15, 0.2) is 42.0 Å². The Balaban J connectivity index is 1.56. The topological polar surface area (TPSA) is 46.9 Å². The molecule has 0 bridgehead atoms. The maximum Gasteiger partial charge on any atom is 0.244 e. The van der Waals surface area contributed by atoms with Crippen molar-refractivity contribution < 1.29 is 4.79 Å². The molecule has 26 heavy (non-hydrogen) atoms. The van der Waals surface area contributed by atoms with E-state index in [0.29, 0.717) is 6.54 Å². The smallest absolute Gasteiger partial charge is 0.244 e. The molecule has 1 aromatic carbocycles. The summed E-state index contributed by atoms with van der Waals surface area (Å²) < 4.78 is 2.02. The molecule has 0 saturated heterocycles. The van der Waals surface area contributed by atoms with Crippen LogP contribution < -0.4 is 5.32 Å². The summed E-state index contributed by atoms with van der Waals surface area (Å²) in [5, 5.41) is 7.55. The zero-order chi connectivity index (χ0) is 18.5. The molecule has 1 aliphatic carbocycles. The first-order valence-electron chi connectivity index (χ1n) is 9.56. The first-order chi connectivity index (χ1) is 12.5. The highest BCUT2D eigenvalue weighted by Gasteiger charge is 2.13. The van der Waals surface area contributed by atoms with Crippen LogP contribution in [-0.2, 0) is 17.9 Å². The average Bonchev–Trinajstić information content (AvgIpc) is 2.93. The van der Waals surface area contributed by atoms with E-state index in [2.05, 4.69) is 48.5 Å². The Morgan fingerprint density at radius 2 is 1.96 bits per heavy atom. The predicted octanol–water partition coefficient (Wildman–Crippen LogP) is 4.30. The normalized spacial score (nSPS) is 17.2. The van der Waals surface area contributed by atoms with Crippen molar-refractivity contribution in [2.75, 3.05) is 0 Å². The molecule has 1 N–H and O–H groups in total. The molecular weight excluding hydrogens is 322 g/mol. The third-order valence-electron chi connectivity index (χ3n) is 5.15. The molecule has 4 nitrogen and oxygen atoms in total. The molecule has 2 aromatic rings. The number of nitrogens with zero attached hydrogens (tertiary/aromatic N) is 2. The van der Waals surface area contributed by atoms with Gasteiger partial charge in [-0.05, 0) is 62.6 Å². The van der Waals surface area contributed by atoms with E-state index in [9.17, 15) is 4.79 Å². The minimum absolute atomic E-state index is 0.0264. The Labute approximate surface area is 156 Å². The SMILES string of the molecule is Cc1cc(C)n(Cc2cccc(CNC(=O)C=C3CCC(C)CC3)c2)n1. The van der Waals surface area contributed by atoms with Gasteiger partial charge in [-0.25, -0.2) is 0 Å². The Hall–Kier alpha value is -2.36. The first kappa shape index (κ1) is 18.4. The zero-order valence-electron chi connectivity index (χ0n) is 16.1. The maximum absolute atomic E-state index is 12.2. The van der Waals surface area contributed by atoms with E-state index in [-0.39, 0.29) is 5.91 Å². The molecule has 1 saturated carbocycles. The van der Waals surface area contributed by atoms with E-state index in [0.717, 1.165) is 42.3 Å². The van der Waals surface area contributed by atoms with E-state index in [4.69, 9.17) is 0 Å². The number of hydrogen-bond acceptors (Lipinski definition) is 2. The van der Waals surface area contributed by atoms with Crippen LogP contribution in [0.25, 0.3) is 0 Å². The summed E-state index contributed by atoms with van der Waals surface area (Å²) in [7, 11) is 0. The van der Waals surface area contributed by atoms with E-state index in [1.807, 2.05) is 23.7 Å². The summed E-state index contributed by atoms with van der Waals surface area (Å²) in [4.78, 5) is 12.2. The van der Waals surface area contributed by atoms with Crippen molar-refractivity contribution >= 4 is 5.91 Å². The highest BCUT2D eigenvalue weighted by molar-refractivity contribution is 5.88. The lowest BCUT2D eigenvalue weighted by Crippen LogP contribution is -2.21. The van der Waals surface area contributed by atoms with Gasteiger partial charge in [0.15, 0.2) is 0 Å². The van der Waals surface area contributed by atoms with E-state index in [1.54, 1.807) is 0 Å². The quantitative estimate of drug-likeness (QED) is 0.816. The maximum atomic E-state index is 12.2. The van der Waals surface area contributed by atoms with Gasteiger partial charge in [0, 0.05) is 18.3 Å². The van der Waals surface area contributed by atoms with Gasteiger partial charge in [0.1, 0.15) is 0 Å². The van der Waals surface area contributed by atoms with Crippen molar-refractivity contribution in [1.82, 2.24) is 15.1 Å². The monoisotopic (exact) mass is 351 g/mol. The van der Waals surface area contributed by atoms with Crippen LogP contribution in [0, 0.1) is 19.8 Å². The molecule has 1 fully saturated rings. The number of amides is 1. The van der Waals surface area contributed by atoms with Crippen molar-refractivity contribution in [1.29, 1.82) is 0 Å². The van der Waals surface area contributed by atoms with Gasteiger partial charge in [0.05, 0.1) is 12.2 Å². The van der Waals surface area contributed by atoms with Crippen LogP contribution in [0.1, 0.15) is 55.1 Å². The second kappa shape index (κ2) is 8.35. The van der Waals surface area contributed by atoms with Crippen LogP contribution in [0.4, 0.5) is 0 Å². The number of benzene rings is 1. The fourth-order valence-corrected chi connectivity index (χ4v) is 3.55. The van der Waals surface area contributed by atoms with Gasteiger partial charge in [0.2, 0.25) is 5.91 Å². The summed E-state index contributed by atoms with van der Waals surface area (Å²) in [6.45, 7) is 7.68. The second-order valence-corrected chi connectivity index (χ2v) is 7.61. The summed E-state index contributed by atoms with van der Waals surface area (Å²) >= 11 is 0. The molecule has 0 spiro atoms. The van der Waals surface area contributed by atoms with Crippen molar-refractivity contribution in [3.8, 4) is 0 Å². The predicted molar refractivity (Wildman–Crippen MR) is 105 cm³/mol. The van der Waals surface area contributed by atoms with Gasteiger partial charge in [-0.15, -0.1) is 0 Å². The lowest BCUT2D eigenvalue weighted by molar-refractivity contribution is -0.116. The number of allylic oxidation sites excluding steroid dienone is 1. The number of carbonyl (C=O) groups is 1. The third kappa shape index (κ3) is 5.07. The molecule has 1 aromatic heterocycles. The van der Waals surface area contributed by atoms with Gasteiger partial charge < -0.3 is 5.32 Å². The van der Waals surface area contributed by atoms with E-state index >= 15 is 0 Å². The van der Waals surface area contributed by atoms with Crippen molar-refractivity contribution in [2.45, 2.75) is 59.5 Å². The van der Waals surface area contributed by atoms with Crippen LogP contribution in [-0.4, -0.2) is 15.7 Å². The molecule has 1 heterocycles. The molecule has 0 unspecified atom stereocenters. The molecule has 138 valence electrons. The van der Waals surface area contributed by atoms with Crippen molar-refractivity contribution in [2.24, 2.45) is 5.92 Å². The van der Waals surface area contributed by atoms with Gasteiger partial charge in [0.25, 0.3) is 0 Å². The fourth-order valence-electron chi connectivity index (χ4n) is 3.55. The van der Waals surface area contributed by atoms with E-state index in [1.165, 1.54) is 24.0 Å². The van der Waals surface area contributed by atoms with Crippen LogP contribution in [0.5, 0.6) is 0 Å². The average molecular weight is 351 g/mol. The Morgan fingerprint density at radius 3 is 2.65 bits per heavy atom. The number of carbonyl (C=O) groups excluding carboxylic acids is 1. The number of aryl methyl sites for hydroxylation is 2. The zero-order valence-corrected chi connectivity index (χ0v) is 16.1. The van der Waals surface area contributed by atoms with Crippen molar-refractivity contribution in [3.05, 3.63) is 64.5 Å².